The highest BCUT2D eigenvalue weighted by Crippen LogP contribution is 2.11. The van der Waals surface area contributed by atoms with Gasteiger partial charge in [-0.05, 0) is 45.1 Å². The van der Waals surface area contributed by atoms with Crippen molar-refractivity contribution >= 4 is 11.7 Å². The summed E-state index contributed by atoms with van der Waals surface area (Å²) in [6.45, 7) is 10.1. The molecule has 1 rings (SSSR count). The average molecular weight is 337 g/mol. The number of ether oxygens (including phenoxy) is 2. The molecular formula is C18H31N3O3. The van der Waals surface area contributed by atoms with Crippen LogP contribution < -0.4 is 10.6 Å². The minimum absolute atomic E-state index is 0.192. The first-order valence-electron chi connectivity index (χ1n) is 8.53. The van der Waals surface area contributed by atoms with Crippen molar-refractivity contribution in [2.75, 3.05) is 45.2 Å². The molecule has 0 radical (unpaired) electrons. The number of nitrogens with zero attached hydrogens (tertiary/aromatic N) is 1. The van der Waals surface area contributed by atoms with Gasteiger partial charge in [-0.25, -0.2) is 4.79 Å². The third-order valence-electron chi connectivity index (χ3n) is 3.45. The number of nitrogens with one attached hydrogen (secondary N) is 2. The SMILES string of the molecule is CCN(C)CCNC(=O)Nc1cccc(COCCOC(C)C)c1. The van der Waals surface area contributed by atoms with Gasteiger partial charge in [0.1, 0.15) is 0 Å². The molecule has 1 aromatic rings. The van der Waals surface area contributed by atoms with Gasteiger partial charge in [0.05, 0.1) is 25.9 Å². The van der Waals surface area contributed by atoms with Gasteiger partial charge in [0, 0.05) is 18.8 Å². The molecule has 0 aliphatic rings. The second-order valence-electron chi connectivity index (χ2n) is 5.95. The van der Waals surface area contributed by atoms with Crippen molar-refractivity contribution in [3.63, 3.8) is 0 Å². The van der Waals surface area contributed by atoms with Gasteiger partial charge in [0.25, 0.3) is 0 Å². The Kier molecular flexibility index (Phi) is 10.1. The molecule has 1 aromatic carbocycles. The van der Waals surface area contributed by atoms with Crippen molar-refractivity contribution in [1.82, 2.24) is 10.2 Å². The quantitative estimate of drug-likeness (QED) is 0.610. The Bertz CT molecular complexity index is 480. The zero-order valence-electron chi connectivity index (χ0n) is 15.3. The fraction of sp³-hybridized carbons (Fsp3) is 0.611. The summed E-state index contributed by atoms with van der Waals surface area (Å²) in [7, 11) is 2.02. The number of likely N-dealkylation sites (N-methyl/N-ethyl adjacent to an activating group) is 1. The first-order chi connectivity index (χ1) is 11.5. The molecule has 0 saturated heterocycles. The number of amides is 2. The van der Waals surface area contributed by atoms with Crippen LogP contribution in [0.3, 0.4) is 0 Å². The topological polar surface area (TPSA) is 62.8 Å². The third kappa shape index (κ3) is 9.50. The standard InChI is InChI=1S/C18H31N3O3/c1-5-21(4)10-9-19-18(22)20-17-8-6-7-16(13-17)14-23-11-12-24-15(2)3/h6-8,13,15H,5,9-12,14H2,1-4H3,(H2,19,20,22). The second-order valence-corrected chi connectivity index (χ2v) is 5.95. The van der Waals surface area contributed by atoms with Crippen LogP contribution in [-0.4, -0.2) is 56.9 Å². The van der Waals surface area contributed by atoms with E-state index in [9.17, 15) is 4.79 Å². The highest BCUT2D eigenvalue weighted by molar-refractivity contribution is 5.89. The van der Waals surface area contributed by atoms with Gasteiger partial charge >= 0.3 is 6.03 Å². The molecule has 0 unspecified atom stereocenters. The van der Waals surface area contributed by atoms with Gasteiger partial charge in [-0.2, -0.15) is 0 Å². The Hall–Kier alpha value is -1.63. The molecule has 0 heterocycles. The van der Waals surface area contributed by atoms with E-state index < -0.39 is 0 Å². The average Bonchev–Trinajstić information content (AvgIpc) is 2.54. The van der Waals surface area contributed by atoms with Crippen LogP contribution in [-0.2, 0) is 16.1 Å². The number of rotatable bonds is 11. The van der Waals surface area contributed by atoms with E-state index in [-0.39, 0.29) is 12.1 Å². The zero-order chi connectivity index (χ0) is 17.8. The van der Waals surface area contributed by atoms with E-state index in [4.69, 9.17) is 9.47 Å². The van der Waals surface area contributed by atoms with Gasteiger partial charge in [0.2, 0.25) is 0 Å². The monoisotopic (exact) mass is 337 g/mol. The maximum atomic E-state index is 11.9. The van der Waals surface area contributed by atoms with E-state index in [1.54, 1.807) is 0 Å². The summed E-state index contributed by atoms with van der Waals surface area (Å²) >= 11 is 0. The smallest absolute Gasteiger partial charge is 0.319 e. The third-order valence-corrected chi connectivity index (χ3v) is 3.45. The van der Waals surface area contributed by atoms with Crippen LogP contribution in [0.5, 0.6) is 0 Å². The first-order valence-corrected chi connectivity index (χ1v) is 8.53. The van der Waals surface area contributed by atoms with E-state index in [1.807, 2.05) is 45.2 Å². The van der Waals surface area contributed by atoms with E-state index in [1.165, 1.54) is 0 Å². The molecule has 0 aromatic heterocycles. The number of anilines is 1. The lowest BCUT2D eigenvalue weighted by Gasteiger charge is -2.14. The Morgan fingerprint density at radius 2 is 2.08 bits per heavy atom. The second kappa shape index (κ2) is 11.8. The molecule has 0 atom stereocenters. The molecule has 6 nitrogen and oxygen atoms in total. The molecule has 0 aliphatic heterocycles. The minimum atomic E-state index is -0.192. The molecule has 0 bridgehead atoms. The highest BCUT2D eigenvalue weighted by atomic mass is 16.5. The molecule has 2 N–H and O–H groups in total. The predicted octanol–water partition coefficient (Wildman–Crippen LogP) is 2.70. The van der Waals surface area contributed by atoms with Gasteiger partial charge < -0.3 is 25.0 Å². The molecule has 0 spiro atoms. The number of hydrogen-bond donors (Lipinski definition) is 2. The maximum Gasteiger partial charge on any atom is 0.319 e. The van der Waals surface area contributed by atoms with Crippen LogP contribution in [0, 0.1) is 0 Å². The Labute approximate surface area is 145 Å². The molecule has 2 amide bonds. The summed E-state index contributed by atoms with van der Waals surface area (Å²) < 4.78 is 11.0. The molecule has 0 saturated carbocycles. The molecule has 136 valence electrons. The van der Waals surface area contributed by atoms with Crippen molar-refractivity contribution in [2.45, 2.75) is 33.5 Å². The molecule has 24 heavy (non-hydrogen) atoms. The van der Waals surface area contributed by atoms with E-state index in [2.05, 4.69) is 22.5 Å². The lowest BCUT2D eigenvalue weighted by Crippen LogP contribution is -2.35. The minimum Gasteiger partial charge on any atom is -0.376 e. The summed E-state index contributed by atoms with van der Waals surface area (Å²) in [5.74, 6) is 0. The number of benzene rings is 1. The number of urea groups is 1. The Morgan fingerprint density at radius 1 is 1.29 bits per heavy atom. The van der Waals surface area contributed by atoms with Crippen molar-refractivity contribution < 1.29 is 14.3 Å². The summed E-state index contributed by atoms with van der Waals surface area (Å²) in [5, 5.41) is 5.69. The van der Waals surface area contributed by atoms with Crippen LogP contribution >= 0.6 is 0 Å². The fourth-order valence-electron chi connectivity index (χ4n) is 1.97. The van der Waals surface area contributed by atoms with Gasteiger partial charge in [0.15, 0.2) is 0 Å². The van der Waals surface area contributed by atoms with Crippen molar-refractivity contribution in [2.24, 2.45) is 0 Å². The summed E-state index contributed by atoms with van der Waals surface area (Å²) in [5.41, 5.74) is 1.78. The van der Waals surface area contributed by atoms with Crippen LogP contribution in [0.15, 0.2) is 24.3 Å². The Balaban J connectivity index is 2.30. The lowest BCUT2D eigenvalue weighted by molar-refractivity contribution is 0.0143. The van der Waals surface area contributed by atoms with Crippen molar-refractivity contribution in [1.29, 1.82) is 0 Å². The Morgan fingerprint density at radius 3 is 2.79 bits per heavy atom. The molecular weight excluding hydrogens is 306 g/mol. The zero-order valence-corrected chi connectivity index (χ0v) is 15.3. The first kappa shape index (κ1) is 20.4. The molecule has 0 aliphatic carbocycles. The van der Waals surface area contributed by atoms with Crippen molar-refractivity contribution in [3.8, 4) is 0 Å². The lowest BCUT2D eigenvalue weighted by atomic mass is 10.2. The normalized spacial score (nSPS) is 11.1. The molecule has 0 fully saturated rings. The van der Waals surface area contributed by atoms with E-state index in [0.29, 0.717) is 26.4 Å². The maximum absolute atomic E-state index is 11.9. The summed E-state index contributed by atoms with van der Waals surface area (Å²) in [6.07, 6.45) is 0.219. The molecule has 6 heteroatoms. The predicted molar refractivity (Wildman–Crippen MR) is 97.4 cm³/mol. The van der Waals surface area contributed by atoms with Gasteiger partial charge in [-0.15, -0.1) is 0 Å². The number of carbonyl (C=O) groups excluding carboxylic acids is 1. The summed E-state index contributed by atoms with van der Waals surface area (Å²) in [4.78, 5) is 14.0. The van der Waals surface area contributed by atoms with E-state index >= 15 is 0 Å². The van der Waals surface area contributed by atoms with Crippen LogP contribution in [0.1, 0.15) is 26.3 Å². The fourth-order valence-corrected chi connectivity index (χ4v) is 1.97. The highest BCUT2D eigenvalue weighted by Gasteiger charge is 2.03. The van der Waals surface area contributed by atoms with Crippen molar-refractivity contribution in [3.05, 3.63) is 29.8 Å². The van der Waals surface area contributed by atoms with Crippen LogP contribution in [0.25, 0.3) is 0 Å². The summed E-state index contributed by atoms with van der Waals surface area (Å²) in [6, 6.07) is 7.47. The number of carbonyl (C=O) groups is 1. The van der Waals surface area contributed by atoms with Gasteiger partial charge in [-0.1, -0.05) is 19.1 Å². The van der Waals surface area contributed by atoms with Crippen LogP contribution in [0.2, 0.25) is 0 Å². The van der Waals surface area contributed by atoms with Crippen LogP contribution in [0.4, 0.5) is 10.5 Å². The largest absolute Gasteiger partial charge is 0.376 e. The van der Waals surface area contributed by atoms with Gasteiger partial charge in [-0.3, -0.25) is 0 Å². The van der Waals surface area contributed by atoms with E-state index in [0.717, 1.165) is 24.3 Å². The number of hydrogen-bond acceptors (Lipinski definition) is 4.